The zero-order valence-corrected chi connectivity index (χ0v) is 12.5. The molecule has 0 saturated carbocycles. The summed E-state index contributed by atoms with van der Waals surface area (Å²) in [6.45, 7) is 3.14. The van der Waals surface area contributed by atoms with Crippen LogP contribution >= 0.6 is 11.6 Å². The highest BCUT2D eigenvalue weighted by atomic mass is 35.5. The second-order valence-electron chi connectivity index (χ2n) is 4.93. The summed E-state index contributed by atoms with van der Waals surface area (Å²) in [6, 6.07) is 5.81. The first-order valence-electron chi connectivity index (χ1n) is 7.06. The Morgan fingerprint density at radius 1 is 1.19 bits per heavy atom. The predicted octanol–water partition coefficient (Wildman–Crippen LogP) is 2.15. The van der Waals surface area contributed by atoms with Crippen LogP contribution in [0.5, 0.6) is 0 Å². The minimum absolute atomic E-state index is 0.493. The van der Waals surface area contributed by atoms with E-state index in [1.165, 1.54) is 5.56 Å². The van der Waals surface area contributed by atoms with Crippen LogP contribution in [-0.2, 0) is 17.6 Å². The van der Waals surface area contributed by atoms with Gasteiger partial charge >= 0.3 is 0 Å². The van der Waals surface area contributed by atoms with Gasteiger partial charge in [0.25, 0.3) is 0 Å². The number of aromatic nitrogens is 3. The maximum atomic E-state index is 6.13. The van der Waals surface area contributed by atoms with Gasteiger partial charge in [-0.2, -0.15) is 0 Å². The number of morpholine rings is 1. The molecule has 0 spiro atoms. The molecule has 21 heavy (non-hydrogen) atoms. The molecule has 1 aliphatic rings. The largest absolute Gasteiger partial charge is 0.378 e. The van der Waals surface area contributed by atoms with Crippen LogP contribution < -0.4 is 4.90 Å². The van der Waals surface area contributed by atoms with Crippen molar-refractivity contribution in [2.45, 2.75) is 12.8 Å². The molecule has 0 bridgehead atoms. The van der Waals surface area contributed by atoms with Gasteiger partial charge in [0.2, 0.25) is 0 Å². The van der Waals surface area contributed by atoms with E-state index in [9.17, 15) is 0 Å². The van der Waals surface area contributed by atoms with Gasteiger partial charge in [-0.3, -0.25) is 4.98 Å². The number of aryl methyl sites for hydroxylation is 2. The van der Waals surface area contributed by atoms with Gasteiger partial charge in [0.05, 0.1) is 13.2 Å². The molecule has 0 amide bonds. The number of ether oxygens (including phenoxy) is 1. The lowest BCUT2D eigenvalue weighted by Gasteiger charge is -2.28. The minimum Gasteiger partial charge on any atom is -0.378 e. The molecule has 0 N–H and O–H groups in total. The topological polar surface area (TPSA) is 51.1 Å². The smallest absolute Gasteiger partial charge is 0.134 e. The maximum Gasteiger partial charge on any atom is 0.134 e. The molecule has 1 aliphatic heterocycles. The maximum absolute atomic E-state index is 6.13. The quantitative estimate of drug-likeness (QED) is 0.810. The van der Waals surface area contributed by atoms with Crippen molar-refractivity contribution in [1.82, 2.24) is 15.0 Å². The fraction of sp³-hybridized carbons (Fsp3) is 0.400. The van der Waals surface area contributed by atoms with Gasteiger partial charge in [-0.25, -0.2) is 9.97 Å². The number of pyridine rings is 1. The monoisotopic (exact) mass is 304 g/mol. The second kappa shape index (κ2) is 6.83. The third-order valence-electron chi connectivity index (χ3n) is 3.42. The van der Waals surface area contributed by atoms with Crippen molar-refractivity contribution in [1.29, 1.82) is 0 Å². The molecular formula is C15H17ClN4O. The van der Waals surface area contributed by atoms with Gasteiger partial charge in [-0.15, -0.1) is 0 Å². The van der Waals surface area contributed by atoms with Crippen LogP contribution in [0.2, 0.25) is 5.15 Å². The lowest BCUT2D eigenvalue weighted by atomic mass is 10.1. The zero-order chi connectivity index (χ0) is 14.5. The number of nitrogens with zero attached hydrogens (tertiary/aromatic N) is 4. The van der Waals surface area contributed by atoms with Crippen LogP contribution in [0.15, 0.2) is 30.6 Å². The summed E-state index contributed by atoms with van der Waals surface area (Å²) < 4.78 is 5.36. The molecule has 3 heterocycles. The number of anilines is 1. The summed E-state index contributed by atoms with van der Waals surface area (Å²) in [5.74, 6) is 1.66. The summed E-state index contributed by atoms with van der Waals surface area (Å²) in [5.41, 5.74) is 1.17. The number of hydrogen-bond donors (Lipinski definition) is 0. The van der Waals surface area contributed by atoms with Gasteiger partial charge in [-0.1, -0.05) is 17.7 Å². The molecule has 2 aromatic heterocycles. The van der Waals surface area contributed by atoms with E-state index in [4.69, 9.17) is 16.3 Å². The summed E-state index contributed by atoms with van der Waals surface area (Å²) in [5, 5.41) is 0.493. The van der Waals surface area contributed by atoms with Gasteiger partial charge in [0.1, 0.15) is 16.8 Å². The molecule has 2 aromatic rings. The Labute approximate surface area is 129 Å². The molecule has 0 unspecified atom stereocenters. The van der Waals surface area contributed by atoms with Gasteiger partial charge in [0.15, 0.2) is 0 Å². The number of hydrogen-bond acceptors (Lipinski definition) is 5. The van der Waals surface area contributed by atoms with E-state index < -0.39 is 0 Å². The average molecular weight is 305 g/mol. The summed E-state index contributed by atoms with van der Waals surface area (Å²) >= 11 is 6.13. The van der Waals surface area contributed by atoms with Crippen molar-refractivity contribution in [3.8, 4) is 0 Å². The van der Waals surface area contributed by atoms with Gasteiger partial charge in [-0.05, 0) is 18.1 Å². The highest BCUT2D eigenvalue weighted by Crippen LogP contribution is 2.18. The Hall–Kier alpha value is -1.72. The van der Waals surface area contributed by atoms with Crippen LogP contribution in [0.25, 0.3) is 0 Å². The number of halogens is 1. The Balaban J connectivity index is 1.71. The van der Waals surface area contributed by atoms with E-state index in [1.54, 1.807) is 6.20 Å². The lowest BCUT2D eigenvalue weighted by molar-refractivity contribution is 0.122. The first-order valence-corrected chi connectivity index (χ1v) is 7.44. The van der Waals surface area contributed by atoms with Crippen LogP contribution in [0.4, 0.5) is 5.82 Å². The summed E-state index contributed by atoms with van der Waals surface area (Å²) in [6.07, 6.45) is 5.25. The van der Waals surface area contributed by atoms with E-state index >= 15 is 0 Å². The first kappa shape index (κ1) is 14.2. The van der Waals surface area contributed by atoms with Crippen molar-refractivity contribution < 1.29 is 4.74 Å². The number of rotatable bonds is 4. The van der Waals surface area contributed by atoms with E-state index in [2.05, 4.69) is 25.9 Å². The van der Waals surface area contributed by atoms with Gasteiger partial charge < -0.3 is 9.64 Å². The van der Waals surface area contributed by atoms with E-state index in [-0.39, 0.29) is 0 Å². The Kier molecular flexibility index (Phi) is 4.62. The van der Waals surface area contributed by atoms with Crippen LogP contribution in [-0.4, -0.2) is 41.3 Å². The SMILES string of the molecule is Clc1cc(N2CCOCC2)nc(CCc2cccnc2)n1. The molecule has 3 rings (SSSR count). The fourth-order valence-corrected chi connectivity index (χ4v) is 2.52. The predicted molar refractivity (Wildman–Crippen MR) is 81.7 cm³/mol. The third kappa shape index (κ3) is 3.89. The minimum atomic E-state index is 0.493. The molecule has 0 aromatic carbocycles. The molecule has 0 radical (unpaired) electrons. The first-order chi connectivity index (χ1) is 10.3. The Morgan fingerprint density at radius 2 is 2.05 bits per heavy atom. The molecule has 0 atom stereocenters. The fourth-order valence-electron chi connectivity index (χ4n) is 2.32. The van der Waals surface area contributed by atoms with E-state index in [0.29, 0.717) is 5.15 Å². The van der Waals surface area contributed by atoms with Crippen LogP contribution in [0.1, 0.15) is 11.4 Å². The van der Waals surface area contributed by atoms with Crippen molar-refractivity contribution in [2.24, 2.45) is 0 Å². The molecule has 1 fully saturated rings. The standard InChI is InChI=1S/C15H17ClN4O/c16-13-10-15(20-6-8-21-9-7-20)19-14(18-13)4-3-12-2-1-5-17-11-12/h1-2,5,10-11H,3-4,6-9H2. The zero-order valence-electron chi connectivity index (χ0n) is 11.7. The highest BCUT2D eigenvalue weighted by Gasteiger charge is 2.14. The van der Waals surface area contributed by atoms with Crippen molar-refractivity contribution in [3.05, 3.63) is 47.1 Å². The molecule has 1 saturated heterocycles. The Bertz CT molecular complexity index is 587. The highest BCUT2D eigenvalue weighted by molar-refractivity contribution is 6.29. The summed E-state index contributed by atoms with van der Waals surface area (Å²) in [4.78, 5) is 15.2. The van der Waals surface area contributed by atoms with Crippen LogP contribution in [0, 0.1) is 0 Å². The van der Waals surface area contributed by atoms with E-state index in [0.717, 1.165) is 50.8 Å². The molecule has 0 aliphatic carbocycles. The van der Waals surface area contributed by atoms with E-state index in [1.807, 2.05) is 18.3 Å². The van der Waals surface area contributed by atoms with Gasteiger partial charge in [0, 0.05) is 38.0 Å². The molecule has 6 heteroatoms. The molecule has 5 nitrogen and oxygen atoms in total. The second-order valence-corrected chi connectivity index (χ2v) is 5.31. The molecular weight excluding hydrogens is 288 g/mol. The Morgan fingerprint density at radius 3 is 2.81 bits per heavy atom. The van der Waals surface area contributed by atoms with Crippen molar-refractivity contribution in [2.75, 3.05) is 31.2 Å². The molecule has 110 valence electrons. The average Bonchev–Trinajstić information content (AvgIpc) is 2.54. The third-order valence-corrected chi connectivity index (χ3v) is 3.62. The van der Waals surface area contributed by atoms with Crippen molar-refractivity contribution >= 4 is 17.4 Å². The van der Waals surface area contributed by atoms with Crippen LogP contribution in [0.3, 0.4) is 0 Å². The summed E-state index contributed by atoms with van der Waals surface area (Å²) in [7, 11) is 0. The lowest BCUT2D eigenvalue weighted by Crippen LogP contribution is -2.37. The normalized spacial score (nSPS) is 15.2. The van der Waals surface area contributed by atoms with Crippen molar-refractivity contribution in [3.63, 3.8) is 0 Å².